The Hall–Kier alpha value is -2.19. The molecule has 0 radical (unpaired) electrons. The highest BCUT2D eigenvalue weighted by Crippen LogP contribution is 2.41. The molecule has 2 amide bonds. The number of halogens is 1. The average Bonchev–Trinajstić information content (AvgIpc) is 3.03. The van der Waals surface area contributed by atoms with Crippen molar-refractivity contribution in [2.75, 3.05) is 26.4 Å². The molecule has 2 bridgehead atoms. The summed E-state index contributed by atoms with van der Waals surface area (Å²) in [5.41, 5.74) is 0.250. The van der Waals surface area contributed by atoms with Gasteiger partial charge in [0.1, 0.15) is 6.61 Å². The Morgan fingerprint density at radius 1 is 1.19 bits per heavy atom. The summed E-state index contributed by atoms with van der Waals surface area (Å²) in [5, 5.41) is 3.12. The van der Waals surface area contributed by atoms with Gasteiger partial charge in [0.25, 0.3) is 0 Å². The summed E-state index contributed by atoms with van der Waals surface area (Å²) < 4.78 is 32.4. The molecule has 1 aliphatic carbocycles. The Balaban J connectivity index is 1.44. The van der Waals surface area contributed by atoms with Gasteiger partial charge in [0.2, 0.25) is 11.8 Å². The molecule has 0 aromatic heterocycles. The lowest BCUT2D eigenvalue weighted by Gasteiger charge is -2.42. The fraction of sp³-hybridized carbons (Fsp3) is 0.667. The number of hydrogen-bond acceptors (Lipinski definition) is 5. The van der Waals surface area contributed by atoms with Crippen LogP contribution < -0.4 is 10.1 Å². The van der Waals surface area contributed by atoms with Crippen LogP contribution in [0.2, 0.25) is 0 Å². The maximum absolute atomic E-state index is 14.6. The molecule has 4 heterocycles. The third-order valence-electron chi connectivity index (χ3n) is 7.54. The number of nitrogens with zero attached hydrogens (tertiary/aromatic N) is 1. The lowest BCUT2D eigenvalue weighted by Crippen LogP contribution is -2.65. The Bertz CT molecular complexity index is 887. The summed E-state index contributed by atoms with van der Waals surface area (Å²) in [6.45, 7) is 2.86. The minimum Gasteiger partial charge on any atom is -0.490 e. The average molecular weight is 447 g/mol. The molecule has 2 saturated heterocycles. The first-order valence-corrected chi connectivity index (χ1v) is 11.7. The lowest BCUT2D eigenvalue weighted by molar-refractivity contribution is -0.144. The molecule has 0 unspecified atom stereocenters. The van der Waals surface area contributed by atoms with E-state index in [4.69, 9.17) is 14.2 Å². The van der Waals surface area contributed by atoms with Crippen LogP contribution in [0.1, 0.15) is 56.9 Å². The number of nitrogens with one attached hydrogen (secondary N) is 1. The molecule has 4 aliphatic heterocycles. The van der Waals surface area contributed by atoms with Crippen molar-refractivity contribution >= 4 is 11.8 Å². The van der Waals surface area contributed by atoms with Crippen LogP contribution in [0.15, 0.2) is 18.2 Å². The predicted octanol–water partition coefficient (Wildman–Crippen LogP) is 2.53. The number of carbonyl (C=O) groups is 2. The normalized spacial score (nSPS) is 35.6. The van der Waals surface area contributed by atoms with E-state index >= 15 is 0 Å². The van der Waals surface area contributed by atoms with Crippen molar-refractivity contribution in [3.8, 4) is 5.75 Å². The fourth-order valence-corrected chi connectivity index (χ4v) is 6.10. The van der Waals surface area contributed by atoms with Crippen molar-refractivity contribution in [3.63, 3.8) is 0 Å². The highest BCUT2D eigenvalue weighted by molar-refractivity contribution is 5.81. The second-order valence-corrected chi connectivity index (χ2v) is 9.63. The van der Waals surface area contributed by atoms with Gasteiger partial charge in [0.05, 0.1) is 43.9 Å². The second kappa shape index (κ2) is 8.63. The number of para-hydroxylation sites is 1. The first-order valence-electron chi connectivity index (χ1n) is 11.7. The second-order valence-electron chi connectivity index (χ2n) is 9.63. The zero-order chi connectivity index (χ0) is 22.3. The number of morpholine rings is 1. The molecule has 1 saturated carbocycles. The van der Waals surface area contributed by atoms with Gasteiger partial charge in [-0.25, -0.2) is 4.39 Å². The van der Waals surface area contributed by atoms with Crippen LogP contribution in [0.3, 0.4) is 0 Å². The smallest absolute Gasteiger partial charge is 0.246 e. The summed E-state index contributed by atoms with van der Waals surface area (Å²) in [7, 11) is 0. The standard InChI is InChI=1S/C24H31FN2O5/c1-15-11-24(14-30-13-21(28)26-24)20-12-32-17-7-5-16(6-8-17)18-3-2-4-19(25)23(18)31-10-9-22(29)27(15)20/h2-4,15-17,20H,5-14H2,1H3,(H,26,28)/t15-,16?,17?,20+,24-/m1/s1. The minimum absolute atomic E-state index is 0.0421. The van der Waals surface area contributed by atoms with Crippen LogP contribution >= 0.6 is 0 Å². The van der Waals surface area contributed by atoms with Gasteiger partial charge in [0, 0.05) is 11.6 Å². The Kier molecular flexibility index (Phi) is 5.84. The molecule has 1 aromatic carbocycles. The van der Waals surface area contributed by atoms with E-state index in [2.05, 4.69) is 5.32 Å². The largest absolute Gasteiger partial charge is 0.490 e. The predicted molar refractivity (Wildman–Crippen MR) is 114 cm³/mol. The molecule has 6 rings (SSSR count). The van der Waals surface area contributed by atoms with Gasteiger partial charge >= 0.3 is 0 Å². The third kappa shape index (κ3) is 3.88. The van der Waals surface area contributed by atoms with E-state index in [1.165, 1.54) is 6.07 Å². The molecule has 5 aliphatic rings. The molecule has 8 heteroatoms. The number of amides is 2. The van der Waals surface area contributed by atoms with Gasteiger partial charge < -0.3 is 24.4 Å². The summed E-state index contributed by atoms with van der Waals surface area (Å²) in [6.07, 6.45) is 4.37. The SMILES string of the molecule is C[C@@H]1C[C@@]2(COCC(=O)N2)[C@@H]2COC3CCC(CC3)c3cccc(F)c3OCCC(=O)N12. The maximum Gasteiger partial charge on any atom is 0.246 e. The van der Waals surface area contributed by atoms with Crippen molar-refractivity contribution in [1.82, 2.24) is 10.2 Å². The zero-order valence-corrected chi connectivity index (χ0v) is 18.5. The van der Waals surface area contributed by atoms with Gasteiger partial charge in [0.15, 0.2) is 11.6 Å². The molecule has 1 spiro atoms. The van der Waals surface area contributed by atoms with Crippen molar-refractivity contribution in [1.29, 1.82) is 0 Å². The van der Waals surface area contributed by atoms with E-state index < -0.39 is 5.54 Å². The number of benzene rings is 1. The van der Waals surface area contributed by atoms with Crippen molar-refractivity contribution in [2.45, 2.75) is 75.1 Å². The van der Waals surface area contributed by atoms with E-state index in [1.54, 1.807) is 6.07 Å². The number of hydrogen-bond donors (Lipinski definition) is 1. The molecular weight excluding hydrogens is 415 g/mol. The van der Waals surface area contributed by atoms with Crippen molar-refractivity contribution in [2.24, 2.45) is 0 Å². The molecule has 174 valence electrons. The first-order chi connectivity index (χ1) is 15.5. The topological polar surface area (TPSA) is 77.1 Å². The Morgan fingerprint density at radius 3 is 2.78 bits per heavy atom. The Morgan fingerprint density at radius 2 is 2.00 bits per heavy atom. The van der Waals surface area contributed by atoms with E-state index in [0.717, 1.165) is 31.2 Å². The van der Waals surface area contributed by atoms with Crippen LogP contribution in [-0.4, -0.2) is 66.9 Å². The van der Waals surface area contributed by atoms with Crippen molar-refractivity contribution < 1.29 is 28.2 Å². The number of fused-ring (bicyclic) bond motifs is 6. The zero-order valence-electron chi connectivity index (χ0n) is 18.5. The fourth-order valence-electron chi connectivity index (χ4n) is 6.10. The van der Waals surface area contributed by atoms with Crippen LogP contribution in [0.25, 0.3) is 0 Å². The summed E-state index contributed by atoms with van der Waals surface area (Å²) >= 11 is 0. The van der Waals surface area contributed by atoms with Crippen LogP contribution in [0.4, 0.5) is 4.39 Å². The molecule has 3 atom stereocenters. The summed E-state index contributed by atoms with van der Waals surface area (Å²) in [5.74, 6) is -0.124. The molecule has 1 N–H and O–H groups in total. The van der Waals surface area contributed by atoms with Crippen molar-refractivity contribution in [3.05, 3.63) is 29.6 Å². The van der Waals surface area contributed by atoms with Gasteiger partial charge in [-0.1, -0.05) is 12.1 Å². The lowest BCUT2D eigenvalue weighted by atomic mass is 9.82. The molecule has 1 aromatic rings. The minimum atomic E-state index is -0.641. The molecule has 3 fully saturated rings. The van der Waals surface area contributed by atoms with Gasteiger partial charge in [-0.15, -0.1) is 0 Å². The number of rotatable bonds is 0. The van der Waals surface area contributed by atoms with E-state index in [9.17, 15) is 14.0 Å². The van der Waals surface area contributed by atoms with Gasteiger partial charge in [-0.2, -0.15) is 0 Å². The Labute approximate surface area is 187 Å². The van der Waals surface area contributed by atoms with Crippen LogP contribution in [0.5, 0.6) is 5.75 Å². The maximum atomic E-state index is 14.6. The monoisotopic (exact) mass is 446 g/mol. The van der Waals surface area contributed by atoms with E-state index in [1.807, 2.05) is 17.9 Å². The molecule has 32 heavy (non-hydrogen) atoms. The van der Waals surface area contributed by atoms with E-state index in [0.29, 0.717) is 19.6 Å². The van der Waals surface area contributed by atoms with Gasteiger partial charge in [-0.05, 0) is 51.0 Å². The quantitative estimate of drug-likeness (QED) is 0.663. The van der Waals surface area contributed by atoms with Gasteiger partial charge in [-0.3, -0.25) is 9.59 Å². The first kappa shape index (κ1) is 21.6. The highest BCUT2D eigenvalue weighted by atomic mass is 19.1. The summed E-state index contributed by atoms with van der Waals surface area (Å²) in [6, 6.07) is 4.69. The number of carbonyl (C=O) groups excluding carboxylic acids is 2. The molecule has 7 nitrogen and oxygen atoms in total. The van der Waals surface area contributed by atoms with Crippen LogP contribution in [0, 0.1) is 5.82 Å². The highest BCUT2D eigenvalue weighted by Gasteiger charge is 2.55. The van der Waals surface area contributed by atoms with E-state index in [-0.39, 0.29) is 67.1 Å². The summed E-state index contributed by atoms with van der Waals surface area (Å²) in [4.78, 5) is 27.3. The van der Waals surface area contributed by atoms with Crippen LogP contribution in [-0.2, 0) is 19.1 Å². The third-order valence-corrected chi connectivity index (χ3v) is 7.54. The number of ether oxygens (including phenoxy) is 3. The molecular formula is C24H31FN2O5.